The Kier molecular flexibility index (Phi) is 7.65. The average Bonchev–Trinajstić information content (AvgIpc) is 3.29. The van der Waals surface area contributed by atoms with Gasteiger partial charge < -0.3 is 15.2 Å². The van der Waals surface area contributed by atoms with Gasteiger partial charge in [0.15, 0.2) is 0 Å². The number of rotatable bonds is 9. The minimum atomic E-state index is -0.133. The van der Waals surface area contributed by atoms with Crippen molar-refractivity contribution in [1.29, 1.82) is 0 Å². The molecule has 0 saturated heterocycles. The first kappa shape index (κ1) is 25.0. The average molecular weight is 502 g/mol. The van der Waals surface area contributed by atoms with Crippen LogP contribution >= 0.6 is 0 Å². The zero-order valence-corrected chi connectivity index (χ0v) is 21.5. The van der Waals surface area contributed by atoms with E-state index in [9.17, 15) is 9.59 Å². The molecular weight excluding hydrogens is 470 g/mol. The van der Waals surface area contributed by atoms with Gasteiger partial charge in [0.25, 0.3) is 5.91 Å². The number of aryl methyl sites for hydroxylation is 2. The van der Waals surface area contributed by atoms with Crippen LogP contribution in [0.5, 0.6) is 0 Å². The lowest BCUT2D eigenvalue weighted by Gasteiger charge is -2.12. The largest absolute Gasteiger partial charge is 0.347 e. The molecule has 5 nitrogen and oxygen atoms in total. The highest BCUT2D eigenvalue weighted by Crippen LogP contribution is 2.25. The normalized spacial score (nSPS) is 10.9. The fourth-order valence-electron chi connectivity index (χ4n) is 4.70. The van der Waals surface area contributed by atoms with Crippen molar-refractivity contribution in [1.82, 2.24) is 9.88 Å². The fourth-order valence-corrected chi connectivity index (χ4v) is 4.70. The first-order valence-corrected chi connectivity index (χ1v) is 12.9. The summed E-state index contributed by atoms with van der Waals surface area (Å²) in [4.78, 5) is 26.0. The second-order valence-electron chi connectivity index (χ2n) is 9.58. The van der Waals surface area contributed by atoms with Gasteiger partial charge in [-0.3, -0.25) is 9.59 Å². The molecule has 5 rings (SSSR count). The van der Waals surface area contributed by atoms with Crippen LogP contribution in [0.2, 0.25) is 0 Å². The highest BCUT2D eigenvalue weighted by Gasteiger charge is 2.17. The number of fused-ring (bicyclic) bond motifs is 1. The van der Waals surface area contributed by atoms with E-state index in [0.29, 0.717) is 31.6 Å². The topological polar surface area (TPSA) is 63.1 Å². The molecule has 0 radical (unpaired) electrons. The van der Waals surface area contributed by atoms with Crippen molar-refractivity contribution >= 4 is 28.4 Å². The Morgan fingerprint density at radius 1 is 0.737 bits per heavy atom. The number of anilines is 1. The van der Waals surface area contributed by atoms with E-state index in [-0.39, 0.29) is 11.8 Å². The van der Waals surface area contributed by atoms with Crippen LogP contribution in [0.25, 0.3) is 10.9 Å². The monoisotopic (exact) mass is 501 g/mol. The number of nitrogens with zero attached hydrogens (tertiary/aromatic N) is 1. The summed E-state index contributed by atoms with van der Waals surface area (Å²) in [6, 6.07) is 35.9. The minimum absolute atomic E-state index is 0.0341. The Morgan fingerprint density at radius 3 is 2.18 bits per heavy atom. The van der Waals surface area contributed by atoms with Gasteiger partial charge in [0.2, 0.25) is 5.91 Å². The molecule has 0 aliphatic carbocycles. The van der Waals surface area contributed by atoms with Crippen LogP contribution in [0.4, 0.5) is 5.69 Å². The number of carbonyl (C=O) groups excluding carboxylic acids is 2. The number of benzene rings is 4. The Bertz CT molecular complexity index is 1560. The molecule has 1 heterocycles. The number of nitrogens with one attached hydrogen (secondary N) is 2. The first-order valence-electron chi connectivity index (χ1n) is 12.9. The standard InChI is InChI=1S/C33H31N3O2/c1-24-9-8-14-27(19-24)23-36-30-17-16-29(35-32(37)18-15-25-10-4-2-5-11-25)20-28(30)21-31(36)33(38)34-22-26-12-6-3-7-13-26/h2-14,16-17,19-21H,15,18,22-23H2,1H3,(H,34,38)(H,35,37). The maximum Gasteiger partial charge on any atom is 0.268 e. The van der Waals surface area contributed by atoms with E-state index in [4.69, 9.17) is 0 Å². The maximum absolute atomic E-state index is 13.3. The van der Waals surface area contributed by atoms with Crippen LogP contribution < -0.4 is 10.6 Å². The van der Waals surface area contributed by atoms with Crippen molar-refractivity contribution in [3.8, 4) is 0 Å². The molecule has 0 saturated carbocycles. The van der Waals surface area contributed by atoms with E-state index in [1.165, 1.54) is 5.56 Å². The van der Waals surface area contributed by atoms with Gasteiger partial charge in [0.1, 0.15) is 5.69 Å². The molecule has 0 spiro atoms. The van der Waals surface area contributed by atoms with Crippen molar-refractivity contribution in [3.63, 3.8) is 0 Å². The zero-order chi connectivity index (χ0) is 26.3. The van der Waals surface area contributed by atoms with Crippen molar-refractivity contribution in [2.45, 2.75) is 32.9 Å². The Labute approximate surface area is 223 Å². The van der Waals surface area contributed by atoms with Crippen LogP contribution in [0.3, 0.4) is 0 Å². The number of hydrogen-bond acceptors (Lipinski definition) is 2. The van der Waals surface area contributed by atoms with Crippen LogP contribution in [0.15, 0.2) is 109 Å². The van der Waals surface area contributed by atoms with E-state index < -0.39 is 0 Å². The summed E-state index contributed by atoms with van der Waals surface area (Å²) >= 11 is 0. The molecule has 1 aromatic heterocycles. The third-order valence-electron chi connectivity index (χ3n) is 6.62. The molecule has 190 valence electrons. The van der Waals surface area contributed by atoms with E-state index in [2.05, 4.69) is 35.8 Å². The third-order valence-corrected chi connectivity index (χ3v) is 6.62. The summed E-state index contributed by atoms with van der Waals surface area (Å²) in [6.07, 6.45) is 1.09. The lowest BCUT2D eigenvalue weighted by molar-refractivity contribution is -0.116. The molecule has 5 heteroatoms. The van der Waals surface area contributed by atoms with E-state index >= 15 is 0 Å². The predicted octanol–water partition coefficient (Wildman–Crippen LogP) is 6.50. The molecular formula is C33H31N3O2. The summed E-state index contributed by atoms with van der Waals surface area (Å²) in [6.45, 7) is 3.09. The summed E-state index contributed by atoms with van der Waals surface area (Å²) in [5.74, 6) is -0.167. The van der Waals surface area contributed by atoms with Gasteiger partial charge in [0, 0.05) is 36.1 Å². The lowest BCUT2D eigenvalue weighted by atomic mass is 10.1. The molecule has 5 aromatic rings. The number of amides is 2. The third kappa shape index (κ3) is 6.19. The smallest absolute Gasteiger partial charge is 0.268 e. The van der Waals surface area contributed by atoms with Crippen molar-refractivity contribution < 1.29 is 9.59 Å². The maximum atomic E-state index is 13.3. The summed E-state index contributed by atoms with van der Waals surface area (Å²) in [5, 5.41) is 6.99. The number of aromatic nitrogens is 1. The summed E-state index contributed by atoms with van der Waals surface area (Å²) < 4.78 is 2.05. The fraction of sp³-hybridized carbons (Fsp3) is 0.152. The van der Waals surface area contributed by atoms with Gasteiger partial charge in [-0.1, -0.05) is 90.5 Å². The second-order valence-corrected chi connectivity index (χ2v) is 9.58. The van der Waals surface area contributed by atoms with E-state index in [1.807, 2.05) is 95.6 Å². The molecule has 0 aliphatic rings. The molecule has 0 bridgehead atoms. The highest BCUT2D eigenvalue weighted by atomic mass is 16.2. The van der Waals surface area contributed by atoms with Crippen molar-refractivity contribution in [2.75, 3.05) is 5.32 Å². The zero-order valence-electron chi connectivity index (χ0n) is 21.5. The Hall–Kier alpha value is -4.64. The van der Waals surface area contributed by atoms with Crippen molar-refractivity contribution in [3.05, 3.63) is 137 Å². The SMILES string of the molecule is Cc1cccc(Cn2c(C(=O)NCc3ccccc3)cc3cc(NC(=O)CCc4ccccc4)ccc32)c1. The summed E-state index contributed by atoms with van der Waals surface area (Å²) in [5.41, 5.74) is 6.73. The molecule has 38 heavy (non-hydrogen) atoms. The van der Waals surface area contributed by atoms with Crippen LogP contribution in [-0.4, -0.2) is 16.4 Å². The predicted molar refractivity (Wildman–Crippen MR) is 153 cm³/mol. The molecule has 4 aromatic carbocycles. The number of hydrogen-bond donors (Lipinski definition) is 2. The molecule has 0 fully saturated rings. The Balaban J connectivity index is 1.38. The van der Waals surface area contributed by atoms with E-state index in [1.54, 1.807) is 0 Å². The van der Waals surface area contributed by atoms with Gasteiger partial charge >= 0.3 is 0 Å². The second kappa shape index (κ2) is 11.6. The lowest BCUT2D eigenvalue weighted by Crippen LogP contribution is -2.25. The minimum Gasteiger partial charge on any atom is -0.347 e. The van der Waals surface area contributed by atoms with Gasteiger partial charge in [-0.25, -0.2) is 0 Å². The quantitative estimate of drug-likeness (QED) is 0.242. The number of carbonyl (C=O) groups is 2. The molecule has 2 N–H and O–H groups in total. The van der Waals surface area contributed by atoms with E-state index in [0.717, 1.165) is 33.3 Å². The van der Waals surface area contributed by atoms with Crippen LogP contribution in [0, 0.1) is 6.92 Å². The van der Waals surface area contributed by atoms with Gasteiger partial charge in [-0.2, -0.15) is 0 Å². The molecule has 0 aliphatic heterocycles. The van der Waals surface area contributed by atoms with Gasteiger partial charge in [0.05, 0.1) is 0 Å². The van der Waals surface area contributed by atoms with Gasteiger partial charge in [-0.05, 0) is 54.3 Å². The first-order chi connectivity index (χ1) is 18.5. The molecule has 0 unspecified atom stereocenters. The Morgan fingerprint density at radius 2 is 1.45 bits per heavy atom. The van der Waals surface area contributed by atoms with Crippen LogP contribution in [0.1, 0.15) is 39.2 Å². The van der Waals surface area contributed by atoms with Gasteiger partial charge in [-0.15, -0.1) is 0 Å². The van der Waals surface area contributed by atoms with Crippen molar-refractivity contribution in [2.24, 2.45) is 0 Å². The molecule has 2 amide bonds. The van der Waals surface area contributed by atoms with Crippen LogP contribution in [-0.2, 0) is 24.3 Å². The summed E-state index contributed by atoms with van der Waals surface area (Å²) in [7, 11) is 0. The molecule has 0 atom stereocenters. The highest BCUT2D eigenvalue weighted by molar-refractivity contribution is 6.00.